The van der Waals surface area contributed by atoms with Gasteiger partial charge in [-0.05, 0) is 32.8 Å². The fourth-order valence-electron chi connectivity index (χ4n) is 3.29. The molecule has 0 radical (unpaired) electrons. The Hall–Kier alpha value is -2.49. The minimum absolute atomic E-state index is 0.0238. The van der Waals surface area contributed by atoms with Crippen LogP contribution in [0, 0.1) is 18.3 Å². The summed E-state index contributed by atoms with van der Waals surface area (Å²) in [6.07, 6.45) is 8.18. The van der Waals surface area contributed by atoms with Crippen molar-refractivity contribution < 1.29 is 13.6 Å². The summed E-state index contributed by atoms with van der Waals surface area (Å²) in [4.78, 5) is 15.9. The molecule has 1 aliphatic rings. The van der Waals surface area contributed by atoms with Crippen LogP contribution in [-0.4, -0.2) is 11.9 Å². The van der Waals surface area contributed by atoms with Crippen LogP contribution in [0.15, 0.2) is 40.5 Å². The topological polar surface area (TPSA) is 111 Å². The molecule has 1 atom stereocenters. The molecule has 1 amide bonds. The van der Waals surface area contributed by atoms with Crippen LogP contribution in [0.3, 0.4) is 0 Å². The molecule has 6 N–H and O–H groups in total. The number of rotatable bonds is 5. The molecule has 0 aliphatic heterocycles. The van der Waals surface area contributed by atoms with Crippen molar-refractivity contribution in [3.8, 4) is 12.3 Å². The van der Waals surface area contributed by atoms with E-state index in [1.165, 1.54) is 32.4 Å². The lowest BCUT2D eigenvalue weighted by molar-refractivity contribution is -0.114. The summed E-state index contributed by atoms with van der Waals surface area (Å²) in [6.45, 7) is 3.21. The maximum Gasteiger partial charge on any atom is 0.285 e. The van der Waals surface area contributed by atoms with Gasteiger partial charge in [0.25, 0.3) is 11.6 Å². The molecule has 6 nitrogen and oxygen atoms in total. The fraction of sp³-hybridized carbons (Fsp3) is 0.400. The number of guanidine groups is 1. The molecule has 2 rings (SSSR count). The first-order chi connectivity index (χ1) is 13.5. The van der Waals surface area contributed by atoms with Gasteiger partial charge in [0.05, 0.1) is 5.69 Å². The van der Waals surface area contributed by atoms with E-state index in [0.717, 1.165) is 25.7 Å². The van der Waals surface area contributed by atoms with E-state index in [0.29, 0.717) is 5.70 Å². The van der Waals surface area contributed by atoms with E-state index in [1.807, 2.05) is 0 Å². The number of nitrogens with two attached hydrogens (primary N) is 3. The molecular formula is C20H28F2N5OP. The minimum atomic E-state index is -3.16. The van der Waals surface area contributed by atoms with Gasteiger partial charge in [0.1, 0.15) is 0 Å². The minimum Gasteiger partial charge on any atom is -0.370 e. The molecule has 0 aromatic heterocycles. The van der Waals surface area contributed by atoms with Gasteiger partial charge in [-0.15, -0.1) is 12.3 Å². The Morgan fingerprint density at radius 1 is 1.31 bits per heavy atom. The molecule has 0 heterocycles. The van der Waals surface area contributed by atoms with Crippen molar-refractivity contribution in [2.24, 2.45) is 28.2 Å². The van der Waals surface area contributed by atoms with Gasteiger partial charge in [-0.2, -0.15) is 13.8 Å². The number of alkyl halides is 2. The van der Waals surface area contributed by atoms with Gasteiger partial charge in [0, 0.05) is 22.8 Å². The van der Waals surface area contributed by atoms with Crippen molar-refractivity contribution in [2.75, 3.05) is 5.01 Å². The van der Waals surface area contributed by atoms with Gasteiger partial charge in [-0.25, -0.2) is 5.84 Å². The maximum absolute atomic E-state index is 14.0. The molecule has 0 saturated heterocycles. The Morgan fingerprint density at radius 2 is 1.83 bits per heavy atom. The fourth-order valence-corrected chi connectivity index (χ4v) is 3.53. The zero-order valence-corrected chi connectivity index (χ0v) is 17.8. The van der Waals surface area contributed by atoms with Crippen LogP contribution in [0.4, 0.5) is 14.5 Å². The Labute approximate surface area is 172 Å². The molecule has 29 heavy (non-hydrogen) atoms. The van der Waals surface area contributed by atoms with Gasteiger partial charge >= 0.3 is 0 Å². The number of amides is 1. The third kappa shape index (κ3) is 6.81. The summed E-state index contributed by atoms with van der Waals surface area (Å²) < 4.78 is 28.0. The number of hydrazine groups is 1. The summed E-state index contributed by atoms with van der Waals surface area (Å²) in [5, 5.41) is 1.18. The lowest BCUT2D eigenvalue weighted by atomic mass is 9.97. The number of aliphatic imine (C=N–C) groups is 1. The van der Waals surface area contributed by atoms with Gasteiger partial charge in [-0.1, -0.05) is 40.3 Å². The molecule has 1 aromatic carbocycles. The Kier molecular flexibility index (Phi) is 9.22. The van der Waals surface area contributed by atoms with Crippen LogP contribution in [-0.2, 0) is 10.5 Å². The maximum atomic E-state index is 14.0. The first kappa shape index (κ1) is 24.5. The normalized spacial score (nSPS) is 14.8. The van der Waals surface area contributed by atoms with E-state index in [-0.39, 0.29) is 28.7 Å². The van der Waals surface area contributed by atoms with Crippen LogP contribution in [0.1, 0.15) is 45.1 Å². The molecule has 1 saturated carbocycles. The lowest BCUT2D eigenvalue weighted by Crippen LogP contribution is -2.36. The zero-order valence-electron chi connectivity index (χ0n) is 16.7. The van der Waals surface area contributed by atoms with Gasteiger partial charge < -0.3 is 11.5 Å². The third-order valence-electron chi connectivity index (χ3n) is 4.46. The second kappa shape index (κ2) is 10.9. The average molecular weight is 423 g/mol. The Bertz CT molecular complexity index is 817. The summed E-state index contributed by atoms with van der Waals surface area (Å²) in [6, 6.07) is 5.94. The van der Waals surface area contributed by atoms with E-state index in [9.17, 15) is 13.6 Å². The zero-order chi connectivity index (χ0) is 22.2. The van der Waals surface area contributed by atoms with E-state index in [1.54, 1.807) is 19.9 Å². The van der Waals surface area contributed by atoms with Crippen molar-refractivity contribution in [3.63, 3.8) is 0 Å². The molecule has 1 aliphatic carbocycles. The first-order valence-electron chi connectivity index (χ1n) is 9.07. The second-order valence-electron chi connectivity index (χ2n) is 6.63. The Balaban J connectivity index is 0.00000132. The predicted molar refractivity (Wildman–Crippen MR) is 117 cm³/mol. The number of halogens is 2. The highest BCUT2D eigenvalue weighted by Gasteiger charge is 2.33. The van der Waals surface area contributed by atoms with Crippen LogP contribution >= 0.6 is 9.24 Å². The van der Waals surface area contributed by atoms with Gasteiger partial charge in [0.2, 0.25) is 0 Å². The van der Waals surface area contributed by atoms with E-state index in [4.69, 9.17) is 17.3 Å². The number of para-hydroxylation sites is 1. The van der Waals surface area contributed by atoms with Gasteiger partial charge in [0.15, 0.2) is 5.96 Å². The van der Waals surface area contributed by atoms with Crippen LogP contribution in [0.2, 0.25) is 0 Å². The Morgan fingerprint density at radius 3 is 2.31 bits per heavy atom. The molecule has 9 heteroatoms. The van der Waals surface area contributed by atoms with Crippen LogP contribution in [0.5, 0.6) is 0 Å². The van der Waals surface area contributed by atoms with Crippen molar-refractivity contribution in [3.05, 3.63) is 41.1 Å². The predicted octanol–water partition coefficient (Wildman–Crippen LogP) is 3.19. The van der Waals surface area contributed by atoms with Crippen LogP contribution in [0.25, 0.3) is 0 Å². The largest absolute Gasteiger partial charge is 0.370 e. The number of carbonyl (C=O) groups excluding carboxylic acids is 1. The quantitative estimate of drug-likeness (QED) is 0.128. The third-order valence-corrected chi connectivity index (χ3v) is 4.77. The number of anilines is 1. The number of hydrogen-bond acceptors (Lipinski definition) is 3. The summed E-state index contributed by atoms with van der Waals surface area (Å²) in [5.74, 6) is 7.49. The smallest absolute Gasteiger partial charge is 0.285 e. The van der Waals surface area contributed by atoms with E-state index < -0.39 is 11.6 Å². The number of nitrogens with zero attached hydrogens (tertiary/aromatic N) is 2. The summed E-state index contributed by atoms with van der Waals surface area (Å²) in [7, 11) is 1.51. The van der Waals surface area contributed by atoms with Crippen molar-refractivity contribution >= 4 is 26.8 Å². The lowest BCUT2D eigenvalue weighted by Gasteiger charge is -2.30. The number of carbonyl (C=O) groups is 1. The number of allylic oxidation sites excluding steroid dienone is 1. The second-order valence-corrected chi connectivity index (χ2v) is 7.36. The highest BCUT2D eigenvalue weighted by atomic mass is 31.0. The monoisotopic (exact) mass is 423 g/mol. The molecular weight excluding hydrogens is 395 g/mol. The summed E-state index contributed by atoms with van der Waals surface area (Å²) in [5.41, 5.74) is 8.02. The molecule has 0 spiro atoms. The van der Waals surface area contributed by atoms with Gasteiger partial charge in [-0.3, -0.25) is 9.80 Å². The van der Waals surface area contributed by atoms with Crippen molar-refractivity contribution in [1.82, 2.24) is 0 Å². The molecule has 158 valence electrons. The summed E-state index contributed by atoms with van der Waals surface area (Å²) >= 11 is 0. The molecule has 1 aromatic rings. The molecule has 1 fully saturated rings. The van der Waals surface area contributed by atoms with Crippen molar-refractivity contribution in [1.29, 1.82) is 0 Å². The standard InChI is InChI=1S/C17H24F2N5OP.C3H4/c1-10(15(25)23-16(20)21)14(11-6-2-3-7-11)24(22)13-9-5-4-8-12(13)17(18,19)26;1-3-2/h4-5,8-9,11H,2-3,6-7,22,26H2,1H3,(H4,20,21,23,25);1H,2H3/b14-10+;. The first-order valence-corrected chi connectivity index (χ1v) is 9.65. The average Bonchev–Trinajstić information content (AvgIpc) is 3.15. The van der Waals surface area contributed by atoms with Crippen molar-refractivity contribution in [2.45, 2.75) is 45.2 Å². The number of benzene rings is 1. The molecule has 0 bridgehead atoms. The van der Waals surface area contributed by atoms with Crippen LogP contribution < -0.4 is 22.3 Å². The highest BCUT2D eigenvalue weighted by Crippen LogP contribution is 2.42. The molecule has 1 unspecified atom stereocenters. The SMILES string of the molecule is C#CC.C/C(C(=O)N=C(N)N)=C(/C1CCCC1)N(N)c1ccccc1C(F)(F)P. The number of hydrogen-bond donors (Lipinski definition) is 3. The van der Waals surface area contributed by atoms with E-state index >= 15 is 0 Å². The highest BCUT2D eigenvalue weighted by molar-refractivity contribution is 7.17. The number of terminal acetylenes is 1. The van der Waals surface area contributed by atoms with E-state index in [2.05, 4.69) is 17.3 Å².